The van der Waals surface area contributed by atoms with Crippen LogP contribution < -0.4 is 4.90 Å². The molecule has 0 aliphatic carbocycles. The van der Waals surface area contributed by atoms with E-state index in [9.17, 15) is 8.42 Å². The van der Waals surface area contributed by atoms with E-state index in [1.807, 2.05) is 31.3 Å². The van der Waals surface area contributed by atoms with E-state index in [-0.39, 0.29) is 6.04 Å². The minimum atomic E-state index is -3.13. The third kappa shape index (κ3) is 2.75. The highest BCUT2D eigenvalue weighted by atomic mass is 35.5. The van der Waals surface area contributed by atoms with Gasteiger partial charge in [-0.3, -0.25) is 0 Å². The van der Waals surface area contributed by atoms with Gasteiger partial charge in [-0.25, -0.2) is 8.42 Å². The Morgan fingerprint density at radius 3 is 2.76 bits per heavy atom. The maximum absolute atomic E-state index is 11.7. The molecule has 1 atom stereocenters. The number of piperazine rings is 1. The number of fused-ring (bicyclic) bond motifs is 1. The second kappa shape index (κ2) is 5.19. The van der Waals surface area contributed by atoms with Crippen molar-refractivity contribution < 1.29 is 8.42 Å². The molecule has 0 unspecified atom stereocenters. The van der Waals surface area contributed by atoms with Gasteiger partial charge in [0.05, 0.1) is 6.26 Å². The summed E-state index contributed by atoms with van der Waals surface area (Å²) in [6, 6.07) is 5.98. The molecule has 114 valence electrons. The summed E-state index contributed by atoms with van der Waals surface area (Å²) in [6.45, 7) is 3.70. The fourth-order valence-electron chi connectivity index (χ4n) is 2.93. The maximum atomic E-state index is 11.7. The Hall–Kier alpha value is -1.24. The van der Waals surface area contributed by atoms with Crippen LogP contribution in [0.4, 0.5) is 5.69 Å². The van der Waals surface area contributed by atoms with Gasteiger partial charge in [0, 0.05) is 53.5 Å². The monoisotopic (exact) mass is 327 g/mol. The molecular formula is C14H18ClN3O2S. The van der Waals surface area contributed by atoms with E-state index in [1.54, 1.807) is 0 Å². The predicted molar refractivity (Wildman–Crippen MR) is 86.5 cm³/mol. The summed E-state index contributed by atoms with van der Waals surface area (Å²) >= 11 is 6.20. The number of nitrogens with zero attached hydrogens (tertiary/aromatic N) is 2. The third-order valence-electron chi connectivity index (χ3n) is 3.98. The number of halogens is 1. The van der Waals surface area contributed by atoms with Crippen LogP contribution in [0.5, 0.6) is 0 Å². The summed E-state index contributed by atoms with van der Waals surface area (Å²) in [7, 11) is -3.13. The lowest BCUT2D eigenvalue weighted by Gasteiger charge is -2.40. The molecular weight excluding hydrogens is 310 g/mol. The normalized spacial score (nSPS) is 21.1. The lowest BCUT2D eigenvalue weighted by Crippen LogP contribution is -2.53. The van der Waals surface area contributed by atoms with Gasteiger partial charge in [-0.2, -0.15) is 4.31 Å². The summed E-state index contributed by atoms with van der Waals surface area (Å²) in [4.78, 5) is 5.40. The first-order chi connectivity index (χ1) is 9.86. The third-order valence-corrected chi connectivity index (χ3v) is 5.47. The van der Waals surface area contributed by atoms with Gasteiger partial charge in [0.1, 0.15) is 0 Å². The highest BCUT2D eigenvalue weighted by Gasteiger charge is 2.29. The molecule has 1 fully saturated rings. The maximum Gasteiger partial charge on any atom is 0.211 e. The molecule has 1 aromatic heterocycles. The van der Waals surface area contributed by atoms with Gasteiger partial charge in [-0.15, -0.1) is 0 Å². The zero-order valence-corrected chi connectivity index (χ0v) is 13.6. The molecule has 1 aliphatic rings. The average molecular weight is 328 g/mol. The van der Waals surface area contributed by atoms with Crippen LogP contribution in [0, 0.1) is 0 Å². The van der Waals surface area contributed by atoms with E-state index in [0.717, 1.165) is 16.6 Å². The highest BCUT2D eigenvalue weighted by Crippen LogP contribution is 2.32. The molecule has 0 spiro atoms. The standard InChI is InChI=1S/C14H18ClN3O2S/c1-10-9-17(21(2,19)20)5-6-18(10)14-8-11(15)7-13-12(14)3-4-16-13/h3-4,7-8,10,16H,5-6,9H2,1-2H3/t10-/m1/s1. The van der Waals surface area contributed by atoms with Crippen LogP contribution >= 0.6 is 11.6 Å². The summed E-state index contributed by atoms with van der Waals surface area (Å²) in [5.74, 6) is 0. The first-order valence-corrected chi connectivity index (χ1v) is 9.07. The molecule has 5 nitrogen and oxygen atoms in total. The van der Waals surface area contributed by atoms with E-state index < -0.39 is 10.0 Å². The molecule has 0 radical (unpaired) electrons. The summed E-state index contributed by atoms with van der Waals surface area (Å²) in [6.07, 6.45) is 3.15. The number of anilines is 1. The minimum absolute atomic E-state index is 0.102. The lowest BCUT2D eigenvalue weighted by atomic mass is 10.1. The van der Waals surface area contributed by atoms with Crippen LogP contribution in [-0.4, -0.2) is 49.6 Å². The molecule has 1 aliphatic heterocycles. The van der Waals surface area contributed by atoms with Crippen LogP contribution in [0.2, 0.25) is 5.02 Å². The van der Waals surface area contributed by atoms with Crippen molar-refractivity contribution >= 4 is 38.2 Å². The number of H-pyrrole nitrogens is 1. The van der Waals surface area contributed by atoms with Gasteiger partial charge in [0.2, 0.25) is 10.0 Å². The predicted octanol–water partition coefficient (Wildman–Crippen LogP) is 2.29. The molecule has 7 heteroatoms. The SMILES string of the molecule is C[C@@H]1CN(S(C)(=O)=O)CCN1c1cc(Cl)cc2[nH]ccc12. The summed E-state index contributed by atoms with van der Waals surface area (Å²) in [5.41, 5.74) is 2.05. The number of rotatable bonds is 2. The Balaban J connectivity index is 1.95. The van der Waals surface area contributed by atoms with Gasteiger partial charge < -0.3 is 9.88 Å². The number of hydrogen-bond donors (Lipinski definition) is 1. The Kier molecular flexibility index (Phi) is 3.63. The highest BCUT2D eigenvalue weighted by molar-refractivity contribution is 7.88. The molecule has 0 amide bonds. The molecule has 21 heavy (non-hydrogen) atoms. The van der Waals surface area contributed by atoms with Crippen molar-refractivity contribution in [3.8, 4) is 0 Å². The fraction of sp³-hybridized carbons (Fsp3) is 0.429. The lowest BCUT2D eigenvalue weighted by molar-refractivity contribution is 0.345. The first kappa shape index (κ1) is 14.7. The summed E-state index contributed by atoms with van der Waals surface area (Å²) < 4.78 is 24.9. The van der Waals surface area contributed by atoms with E-state index in [0.29, 0.717) is 24.7 Å². The molecule has 1 N–H and O–H groups in total. The fourth-order valence-corrected chi connectivity index (χ4v) is 4.05. The minimum Gasteiger partial charge on any atom is -0.366 e. The average Bonchev–Trinajstić information content (AvgIpc) is 2.84. The van der Waals surface area contributed by atoms with Crippen molar-refractivity contribution in [2.75, 3.05) is 30.8 Å². The second-order valence-electron chi connectivity index (χ2n) is 5.53. The molecule has 0 bridgehead atoms. The molecule has 0 saturated carbocycles. The van der Waals surface area contributed by atoms with E-state index >= 15 is 0 Å². The second-order valence-corrected chi connectivity index (χ2v) is 7.95. The quantitative estimate of drug-likeness (QED) is 0.920. The number of nitrogens with one attached hydrogen (secondary N) is 1. The topological polar surface area (TPSA) is 56.4 Å². The Bertz CT molecular complexity index is 772. The van der Waals surface area contributed by atoms with E-state index in [2.05, 4.69) is 9.88 Å². The van der Waals surface area contributed by atoms with Gasteiger partial charge in [0.25, 0.3) is 0 Å². The molecule has 1 saturated heterocycles. The van der Waals surface area contributed by atoms with Crippen LogP contribution in [0.25, 0.3) is 10.9 Å². The van der Waals surface area contributed by atoms with Gasteiger partial charge in [-0.05, 0) is 25.1 Å². The van der Waals surface area contributed by atoms with E-state index in [1.165, 1.54) is 10.6 Å². The molecule has 3 rings (SSSR count). The van der Waals surface area contributed by atoms with Gasteiger partial charge in [0.15, 0.2) is 0 Å². The van der Waals surface area contributed by atoms with Crippen molar-refractivity contribution in [3.63, 3.8) is 0 Å². The zero-order chi connectivity index (χ0) is 15.2. The number of hydrogen-bond acceptors (Lipinski definition) is 3. The number of aromatic amines is 1. The Morgan fingerprint density at radius 2 is 2.10 bits per heavy atom. The van der Waals surface area contributed by atoms with Crippen molar-refractivity contribution in [1.29, 1.82) is 0 Å². The van der Waals surface area contributed by atoms with Gasteiger partial charge >= 0.3 is 0 Å². The van der Waals surface area contributed by atoms with Crippen molar-refractivity contribution in [1.82, 2.24) is 9.29 Å². The molecule has 2 aromatic rings. The summed E-state index contributed by atoms with van der Waals surface area (Å²) in [5, 5.41) is 1.79. The van der Waals surface area contributed by atoms with Crippen LogP contribution in [0.1, 0.15) is 6.92 Å². The Labute approximate surface area is 129 Å². The first-order valence-electron chi connectivity index (χ1n) is 6.84. The molecule has 1 aromatic carbocycles. The largest absolute Gasteiger partial charge is 0.366 e. The van der Waals surface area contributed by atoms with Gasteiger partial charge in [-0.1, -0.05) is 11.6 Å². The van der Waals surface area contributed by atoms with Crippen molar-refractivity contribution in [2.45, 2.75) is 13.0 Å². The number of sulfonamides is 1. The number of aromatic nitrogens is 1. The number of benzene rings is 1. The Morgan fingerprint density at radius 1 is 1.33 bits per heavy atom. The zero-order valence-electron chi connectivity index (χ0n) is 12.0. The molecule has 2 heterocycles. The van der Waals surface area contributed by atoms with Crippen LogP contribution in [-0.2, 0) is 10.0 Å². The van der Waals surface area contributed by atoms with E-state index in [4.69, 9.17) is 11.6 Å². The van der Waals surface area contributed by atoms with Crippen molar-refractivity contribution in [3.05, 3.63) is 29.4 Å². The van der Waals surface area contributed by atoms with Crippen LogP contribution in [0.3, 0.4) is 0 Å². The van der Waals surface area contributed by atoms with Crippen molar-refractivity contribution in [2.24, 2.45) is 0 Å². The van der Waals surface area contributed by atoms with Crippen LogP contribution in [0.15, 0.2) is 24.4 Å². The smallest absolute Gasteiger partial charge is 0.211 e.